The molecule has 1 fully saturated rings. The van der Waals surface area contributed by atoms with Gasteiger partial charge in [-0.3, -0.25) is 19.1 Å². The van der Waals surface area contributed by atoms with Crippen molar-refractivity contribution in [2.45, 2.75) is 24.5 Å². The second-order valence-corrected chi connectivity index (χ2v) is 7.05. The van der Waals surface area contributed by atoms with Gasteiger partial charge in [0.2, 0.25) is 5.95 Å². The topological polar surface area (TPSA) is 149 Å². The molecular weight excluding hydrogens is 370 g/mol. The predicted molar refractivity (Wildman–Crippen MR) is 99.5 cm³/mol. The summed E-state index contributed by atoms with van der Waals surface area (Å²) in [6.07, 6.45) is -2.41. The van der Waals surface area contributed by atoms with Crippen LogP contribution in [0.5, 0.6) is 0 Å². The van der Waals surface area contributed by atoms with Crippen LogP contribution in [0, 0.1) is 0 Å². The van der Waals surface area contributed by atoms with Crippen LogP contribution < -0.4 is 5.56 Å². The van der Waals surface area contributed by atoms with Crippen LogP contribution in [0.4, 0.5) is 5.95 Å². The van der Waals surface area contributed by atoms with Crippen LogP contribution in [-0.2, 0) is 9.53 Å². The first kappa shape index (κ1) is 20.1. The summed E-state index contributed by atoms with van der Waals surface area (Å²) in [5.74, 6) is -0.327. The fraction of sp³-hybridized carbons (Fsp3) is 0.562. The summed E-state index contributed by atoms with van der Waals surface area (Å²) in [6, 6.07) is 0. The first-order valence-corrected chi connectivity index (χ1v) is 8.55. The molecule has 0 amide bonds. The minimum Gasteiger partial charge on any atom is -0.387 e. The molecule has 0 radical (unpaired) electrons. The van der Waals surface area contributed by atoms with Crippen LogP contribution in [0.3, 0.4) is 0 Å². The lowest BCUT2D eigenvalue weighted by Crippen LogP contribution is -2.40. The summed E-state index contributed by atoms with van der Waals surface area (Å²) in [4.78, 5) is 42.6. The Morgan fingerprint density at radius 2 is 2.07 bits per heavy atom. The number of ketones is 1. The summed E-state index contributed by atoms with van der Waals surface area (Å²) in [6.45, 7) is 0.0488. The Hall–Kier alpha value is -2.67. The third-order valence-corrected chi connectivity index (χ3v) is 4.13. The van der Waals surface area contributed by atoms with Gasteiger partial charge in [0, 0.05) is 14.1 Å². The molecule has 0 bridgehead atoms. The largest absolute Gasteiger partial charge is 0.387 e. The molecule has 2 aromatic heterocycles. The van der Waals surface area contributed by atoms with Crippen molar-refractivity contribution in [3.63, 3.8) is 0 Å². The molecule has 3 N–H and O–H groups in total. The normalized spacial score (nSPS) is 25.2. The number of carbonyl (C=O) groups excluding carboxylic acids is 1. The zero-order valence-electron chi connectivity index (χ0n) is 16.0. The molecule has 0 saturated carbocycles. The van der Waals surface area contributed by atoms with Gasteiger partial charge < -0.3 is 24.7 Å². The van der Waals surface area contributed by atoms with Crippen molar-refractivity contribution in [3.05, 3.63) is 16.7 Å². The van der Waals surface area contributed by atoms with E-state index in [9.17, 15) is 19.8 Å². The van der Waals surface area contributed by atoms with Gasteiger partial charge in [-0.25, -0.2) is 9.98 Å². The number of nitrogens with zero attached hydrogens (tertiary/aromatic N) is 6. The summed E-state index contributed by atoms with van der Waals surface area (Å²) >= 11 is 0. The van der Waals surface area contributed by atoms with E-state index in [1.807, 2.05) is 0 Å². The molecule has 4 atom stereocenters. The van der Waals surface area contributed by atoms with Gasteiger partial charge in [0.15, 0.2) is 23.2 Å². The van der Waals surface area contributed by atoms with Crippen molar-refractivity contribution < 1.29 is 19.7 Å². The first-order valence-electron chi connectivity index (χ1n) is 8.55. The molecule has 152 valence electrons. The highest BCUT2D eigenvalue weighted by Gasteiger charge is 2.47. The lowest BCUT2D eigenvalue weighted by molar-refractivity contribution is -0.135. The van der Waals surface area contributed by atoms with Gasteiger partial charge in [-0.05, 0) is 14.1 Å². The fourth-order valence-corrected chi connectivity index (χ4v) is 2.89. The van der Waals surface area contributed by atoms with Crippen LogP contribution in [-0.4, -0.2) is 105 Å². The van der Waals surface area contributed by atoms with Crippen molar-refractivity contribution in [3.8, 4) is 0 Å². The van der Waals surface area contributed by atoms with Crippen LogP contribution in [0.25, 0.3) is 11.2 Å². The molecule has 0 aromatic carbocycles. The number of rotatable bonds is 6. The predicted octanol–water partition coefficient (Wildman–Crippen LogP) is -1.91. The van der Waals surface area contributed by atoms with E-state index in [-0.39, 0.29) is 29.4 Å². The van der Waals surface area contributed by atoms with E-state index in [0.29, 0.717) is 0 Å². The number of aromatic nitrogens is 4. The van der Waals surface area contributed by atoms with E-state index in [0.717, 1.165) is 0 Å². The average Bonchev–Trinajstić information content (AvgIpc) is 3.15. The number of aliphatic hydroxyl groups is 2. The highest BCUT2D eigenvalue weighted by atomic mass is 16.6. The maximum Gasteiger partial charge on any atom is 0.280 e. The zero-order chi connectivity index (χ0) is 20.6. The van der Waals surface area contributed by atoms with Crippen molar-refractivity contribution in [1.82, 2.24) is 29.3 Å². The number of hydrogen-bond acceptors (Lipinski definition) is 9. The van der Waals surface area contributed by atoms with E-state index in [1.165, 1.54) is 17.2 Å². The number of hydrogen-bond donors (Lipinski definition) is 3. The highest BCUT2D eigenvalue weighted by Crippen LogP contribution is 2.31. The molecule has 2 aromatic rings. The molecule has 28 heavy (non-hydrogen) atoms. The van der Waals surface area contributed by atoms with Gasteiger partial charge in [-0.1, -0.05) is 0 Å². The van der Waals surface area contributed by atoms with Crippen molar-refractivity contribution in [1.29, 1.82) is 0 Å². The van der Waals surface area contributed by atoms with Crippen molar-refractivity contribution >= 4 is 29.2 Å². The first-order chi connectivity index (χ1) is 13.2. The maximum atomic E-state index is 12.3. The Morgan fingerprint density at radius 1 is 1.36 bits per heavy atom. The quantitative estimate of drug-likeness (QED) is 0.377. The van der Waals surface area contributed by atoms with Gasteiger partial charge in [0.1, 0.15) is 18.3 Å². The molecular formula is C16H23N7O5. The fourth-order valence-electron chi connectivity index (χ4n) is 2.89. The van der Waals surface area contributed by atoms with Gasteiger partial charge in [-0.2, -0.15) is 4.98 Å². The minimum absolute atomic E-state index is 0.0251. The number of aromatic amines is 1. The van der Waals surface area contributed by atoms with Crippen molar-refractivity contribution in [2.75, 3.05) is 34.7 Å². The van der Waals surface area contributed by atoms with E-state index in [4.69, 9.17) is 4.74 Å². The number of ether oxygens (including phenoxy) is 1. The number of fused-ring (bicyclic) bond motifs is 1. The molecule has 1 saturated heterocycles. The molecule has 12 nitrogen and oxygen atoms in total. The summed E-state index contributed by atoms with van der Waals surface area (Å²) in [5.41, 5.74) is -0.369. The lowest BCUT2D eigenvalue weighted by Gasteiger charge is -2.16. The molecule has 1 aliphatic rings. The molecule has 1 aliphatic heterocycles. The van der Waals surface area contributed by atoms with Gasteiger partial charge >= 0.3 is 0 Å². The third kappa shape index (κ3) is 3.80. The van der Waals surface area contributed by atoms with Crippen molar-refractivity contribution in [2.24, 2.45) is 4.99 Å². The summed E-state index contributed by atoms with van der Waals surface area (Å²) in [7, 11) is 6.95. The molecule has 12 heteroatoms. The van der Waals surface area contributed by atoms with E-state index in [2.05, 4.69) is 19.9 Å². The number of Topliss-reactive ketones (excluding diaryl/α,β-unsaturated/α-hetero) is 1. The standard InChI is InChI=1S/C16H23N7O5/c1-21(2)5-8(24)12-10(25)11(26)15(28-12)23-7-17-9-13(23)19-16(20-14(9)27)18-6-22(3)4/h6-7,10-12,15,25-26H,5H2,1-4H3,(H,19,20,27)/t10-,11+,12+,15+/m0/s1. The highest BCUT2D eigenvalue weighted by molar-refractivity contribution is 5.86. The van der Waals surface area contributed by atoms with E-state index < -0.39 is 30.1 Å². The number of aliphatic hydroxyl groups excluding tert-OH is 2. The Balaban J connectivity index is 1.97. The Kier molecular flexibility index (Phi) is 5.56. The Bertz CT molecular complexity index is 950. The number of carbonyl (C=O) groups is 1. The number of aliphatic imine (C=N–C) groups is 1. The second kappa shape index (κ2) is 7.75. The summed E-state index contributed by atoms with van der Waals surface area (Å²) in [5, 5.41) is 20.7. The number of imidazole rings is 1. The summed E-state index contributed by atoms with van der Waals surface area (Å²) < 4.78 is 6.94. The third-order valence-electron chi connectivity index (χ3n) is 4.13. The van der Waals surface area contributed by atoms with Crippen LogP contribution in [0.1, 0.15) is 6.23 Å². The number of likely N-dealkylation sites (N-methyl/N-ethyl adjacent to an activating group) is 1. The Morgan fingerprint density at radius 3 is 2.71 bits per heavy atom. The molecule has 3 heterocycles. The van der Waals surface area contributed by atoms with Crippen LogP contribution in [0.15, 0.2) is 16.1 Å². The SMILES string of the molecule is CN(C)C=Nc1nc2c(ncn2[C@@H]2O[C@H](C(=O)CN(C)C)[C@@H](O)[C@H]2O)c(=O)[nH]1. The van der Waals surface area contributed by atoms with Crippen LogP contribution >= 0.6 is 0 Å². The number of nitrogens with one attached hydrogen (secondary N) is 1. The van der Waals surface area contributed by atoms with E-state index >= 15 is 0 Å². The van der Waals surface area contributed by atoms with Gasteiger partial charge in [0.25, 0.3) is 5.56 Å². The molecule has 0 spiro atoms. The van der Waals surface area contributed by atoms with E-state index in [1.54, 1.807) is 38.0 Å². The minimum atomic E-state index is -1.41. The zero-order valence-corrected chi connectivity index (χ0v) is 16.0. The van der Waals surface area contributed by atoms with Gasteiger partial charge in [0.05, 0.1) is 19.2 Å². The molecule has 0 aliphatic carbocycles. The lowest BCUT2D eigenvalue weighted by atomic mass is 10.1. The molecule has 0 unspecified atom stereocenters. The van der Waals surface area contributed by atoms with Gasteiger partial charge in [-0.15, -0.1) is 0 Å². The number of H-pyrrole nitrogens is 1. The smallest absolute Gasteiger partial charge is 0.280 e. The maximum absolute atomic E-state index is 12.3. The average molecular weight is 393 g/mol. The monoisotopic (exact) mass is 393 g/mol. The second-order valence-electron chi connectivity index (χ2n) is 7.05. The van der Waals surface area contributed by atoms with Crippen LogP contribution in [0.2, 0.25) is 0 Å². The Labute approximate surface area is 160 Å². The molecule has 3 rings (SSSR count).